The summed E-state index contributed by atoms with van der Waals surface area (Å²) in [4.78, 5) is 58.6. The monoisotopic (exact) mass is 483 g/mol. The van der Waals surface area contributed by atoms with E-state index in [2.05, 4.69) is 5.32 Å². The van der Waals surface area contributed by atoms with E-state index in [0.717, 1.165) is 6.92 Å². The molecule has 2 N–H and O–H groups in total. The lowest BCUT2D eigenvalue weighted by atomic mass is 10.1. The fourth-order valence-corrected chi connectivity index (χ4v) is 3.42. The Bertz CT molecular complexity index is 908. The Morgan fingerprint density at radius 2 is 1.55 bits per heavy atom. The molecule has 0 saturated carbocycles. The second-order valence-corrected chi connectivity index (χ2v) is 9.94. The first-order chi connectivity index (χ1) is 15.2. The largest absolute Gasteiger partial charge is 0.480 e. The van der Waals surface area contributed by atoms with Gasteiger partial charge in [-0.3, -0.25) is 19.2 Å². The Morgan fingerprint density at radius 3 is 2.03 bits per heavy atom. The van der Waals surface area contributed by atoms with Crippen LogP contribution in [0.1, 0.15) is 47.1 Å². The number of rotatable bonds is 10. The first-order valence-corrected chi connectivity index (χ1v) is 11.0. The molecule has 182 valence electrons. The molecule has 0 aliphatic heterocycles. The SMILES string of the molecule is CC(=O)Oc1ccc(CC(OC(C)=O)C(=O)N[C@@H](CSC(C)(C)C)C(=O)O)cc1OC(C)=O. The number of carboxylic acid groups (broad SMARTS) is 1. The number of thioether (sulfide) groups is 1. The summed E-state index contributed by atoms with van der Waals surface area (Å²) in [5.41, 5.74) is 0.416. The van der Waals surface area contributed by atoms with Gasteiger partial charge in [-0.05, 0) is 17.7 Å². The molecule has 2 atom stereocenters. The summed E-state index contributed by atoms with van der Waals surface area (Å²) in [5, 5.41) is 11.9. The lowest BCUT2D eigenvalue weighted by Crippen LogP contribution is -2.48. The van der Waals surface area contributed by atoms with Gasteiger partial charge in [-0.15, -0.1) is 0 Å². The van der Waals surface area contributed by atoms with Gasteiger partial charge in [0.05, 0.1) is 0 Å². The normalized spacial score (nSPS) is 12.8. The summed E-state index contributed by atoms with van der Waals surface area (Å²) in [6.07, 6.45) is -1.48. The van der Waals surface area contributed by atoms with E-state index >= 15 is 0 Å². The zero-order chi connectivity index (χ0) is 25.3. The average molecular weight is 484 g/mol. The van der Waals surface area contributed by atoms with Crippen LogP contribution in [0, 0.1) is 0 Å². The number of benzene rings is 1. The van der Waals surface area contributed by atoms with Crippen molar-refractivity contribution in [1.82, 2.24) is 5.32 Å². The standard InChI is InChI=1S/C22H29NO9S/c1-12(24)30-17-8-7-15(9-18(17)31-13(2)25)10-19(32-14(3)26)20(27)23-16(21(28)29)11-33-22(4,5)6/h7-9,16,19H,10-11H2,1-6H3,(H,23,27)(H,28,29)/t16-,19?/m0/s1. The van der Waals surface area contributed by atoms with Crippen molar-refractivity contribution in [3.05, 3.63) is 23.8 Å². The fourth-order valence-electron chi connectivity index (χ4n) is 2.53. The predicted octanol–water partition coefficient (Wildman–Crippen LogP) is 2.11. The molecule has 0 aliphatic rings. The molecular formula is C22H29NO9S. The Hall–Kier alpha value is -3.08. The quantitative estimate of drug-likeness (QED) is 0.375. The molecule has 0 saturated heterocycles. The summed E-state index contributed by atoms with van der Waals surface area (Å²) in [7, 11) is 0. The Balaban J connectivity index is 3.11. The van der Waals surface area contributed by atoms with Crippen LogP contribution >= 0.6 is 11.8 Å². The van der Waals surface area contributed by atoms with E-state index in [0.29, 0.717) is 5.56 Å². The number of carboxylic acids is 1. The van der Waals surface area contributed by atoms with E-state index in [1.54, 1.807) is 0 Å². The van der Waals surface area contributed by atoms with Crippen molar-refractivity contribution >= 4 is 41.5 Å². The van der Waals surface area contributed by atoms with Gasteiger partial charge in [0.15, 0.2) is 17.6 Å². The highest BCUT2D eigenvalue weighted by Crippen LogP contribution is 2.30. The first-order valence-electron chi connectivity index (χ1n) is 10.0. The van der Waals surface area contributed by atoms with Crippen LogP contribution in [0.2, 0.25) is 0 Å². The highest BCUT2D eigenvalue weighted by atomic mass is 32.2. The summed E-state index contributed by atoms with van der Waals surface area (Å²) in [6.45, 7) is 9.23. The van der Waals surface area contributed by atoms with Crippen molar-refractivity contribution in [1.29, 1.82) is 0 Å². The number of carbonyl (C=O) groups excluding carboxylic acids is 4. The molecule has 0 radical (unpaired) electrons. The molecule has 11 heteroatoms. The van der Waals surface area contributed by atoms with E-state index in [4.69, 9.17) is 14.2 Å². The maximum absolute atomic E-state index is 12.8. The van der Waals surface area contributed by atoms with E-state index < -0.39 is 41.9 Å². The van der Waals surface area contributed by atoms with Crippen LogP contribution in [0.15, 0.2) is 18.2 Å². The van der Waals surface area contributed by atoms with Crippen molar-refractivity contribution in [3.63, 3.8) is 0 Å². The minimum absolute atomic E-state index is 0.0000779. The number of aliphatic carboxylic acids is 1. The number of amides is 1. The van der Waals surface area contributed by atoms with Crippen LogP contribution in [0.25, 0.3) is 0 Å². The molecule has 1 aromatic carbocycles. The summed E-state index contributed by atoms with van der Waals surface area (Å²) in [6, 6.07) is 3.05. The Kier molecular flexibility index (Phi) is 10.4. The van der Waals surface area contributed by atoms with Crippen molar-refractivity contribution < 1.29 is 43.3 Å². The third-order valence-electron chi connectivity index (χ3n) is 3.83. The Labute approximate surface area is 196 Å². The first kappa shape index (κ1) is 28.0. The molecule has 0 heterocycles. The topological polar surface area (TPSA) is 145 Å². The van der Waals surface area contributed by atoms with Crippen molar-refractivity contribution in [2.75, 3.05) is 5.75 Å². The van der Waals surface area contributed by atoms with Gasteiger partial charge < -0.3 is 24.6 Å². The van der Waals surface area contributed by atoms with Crippen LogP contribution < -0.4 is 14.8 Å². The van der Waals surface area contributed by atoms with Gasteiger partial charge in [0.1, 0.15) is 6.04 Å². The van der Waals surface area contributed by atoms with Crippen molar-refractivity contribution in [2.24, 2.45) is 0 Å². The van der Waals surface area contributed by atoms with E-state index in [1.807, 2.05) is 20.8 Å². The van der Waals surface area contributed by atoms with Gasteiger partial charge >= 0.3 is 23.9 Å². The lowest BCUT2D eigenvalue weighted by Gasteiger charge is -2.23. The number of nitrogens with one attached hydrogen (secondary N) is 1. The average Bonchev–Trinajstić information content (AvgIpc) is 2.64. The molecule has 1 unspecified atom stereocenters. The van der Waals surface area contributed by atoms with Crippen LogP contribution in [0.5, 0.6) is 11.5 Å². The molecule has 0 bridgehead atoms. The van der Waals surface area contributed by atoms with Crippen LogP contribution in [0.4, 0.5) is 0 Å². The van der Waals surface area contributed by atoms with Gasteiger partial charge in [-0.1, -0.05) is 26.8 Å². The third-order valence-corrected chi connectivity index (χ3v) is 5.20. The Morgan fingerprint density at radius 1 is 0.970 bits per heavy atom. The van der Waals surface area contributed by atoms with Crippen LogP contribution in [-0.4, -0.2) is 57.5 Å². The van der Waals surface area contributed by atoms with Crippen LogP contribution in [-0.2, 0) is 35.1 Å². The highest BCUT2D eigenvalue weighted by Gasteiger charge is 2.29. The molecule has 0 spiro atoms. The van der Waals surface area contributed by atoms with E-state index in [-0.39, 0.29) is 28.4 Å². The van der Waals surface area contributed by atoms with Gasteiger partial charge in [-0.2, -0.15) is 11.8 Å². The molecule has 1 rings (SSSR count). The molecule has 0 aromatic heterocycles. The number of hydrogen-bond donors (Lipinski definition) is 2. The highest BCUT2D eigenvalue weighted by molar-refractivity contribution is 8.00. The second kappa shape index (κ2) is 12.2. The van der Waals surface area contributed by atoms with Gasteiger partial charge in [0.25, 0.3) is 5.91 Å². The van der Waals surface area contributed by atoms with Crippen LogP contribution in [0.3, 0.4) is 0 Å². The minimum atomic E-state index is -1.34. The molecule has 33 heavy (non-hydrogen) atoms. The molecule has 0 fully saturated rings. The molecule has 10 nitrogen and oxygen atoms in total. The lowest BCUT2D eigenvalue weighted by molar-refractivity contribution is -0.154. The van der Waals surface area contributed by atoms with E-state index in [9.17, 15) is 29.1 Å². The minimum Gasteiger partial charge on any atom is -0.480 e. The molecular weight excluding hydrogens is 454 g/mol. The molecule has 1 aromatic rings. The number of esters is 3. The van der Waals surface area contributed by atoms with Gasteiger partial charge in [-0.25, -0.2) is 4.79 Å². The summed E-state index contributed by atoms with van der Waals surface area (Å²) >= 11 is 1.36. The smallest absolute Gasteiger partial charge is 0.327 e. The molecule has 1 amide bonds. The van der Waals surface area contributed by atoms with E-state index in [1.165, 1.54) is 43.8 Å². The van der Waals surface area contributed by atoms with Crippen molar-refractivity contribution in [2.45, 2.75) is 64.9 Å². The van der Waals surface area contributed by atoms with Gasteiger partial charge in [0.2, 0.25) is 0 Å². The maximum atomic E-state index is 12.8. The number of ether oxygens (including phenoxy) is 3. The van der Waals surface area contributed by atoms with Gasteiger partial charge in [0, 0.05) is 37.7 Å². The second-order valence-electron chi connectivity index (χ2n) is 8.09. The summed E-state index contributed by atoms with van der Waals surface area (Å²) < 4.78 is 15.0. The molecule has 0 aliphatic carbocycles. The maximum Gasteiger partial charge on any atom is 0.327 e. The number of carbonyl (C=O) groups is 5. The third kappa shape index (κ3) is 10.9. The predicted molar refractivity (Wildman–Crippen MR) is 120 cm³/mol. The summed E-state index contributed by atoms with van der Waals surface area (Å²) in [5.74, 6) is -3.96. The van der Waals surface area contributed by atoms with Crippen molar-refractivity contribution in [3.8, 4) is 11.5 Å². The zero-order valence-electron chi connectivity index (χ0n) is 19.4. The number of hydrogen-bond acceptors (Lipinski definition) is 9. The fraction of sp³-hybridized carbons (Fsp3) is 0.500. The zero-order valence-corrected chi connectivity index (χ0v) is 20.2.